The van der Waals surface area contributed by atoms with Crippen LogP contribution < -0.4 is 5.32 Å². The molecular weight excluding hydrogens is 290 g/mol. The van der Waals surface area contributed by atoms with Crippen LogP contribution in [0.1, 0.15) is 5.69 Å². The molecule has 0 amide bonds. The van der Waals surface area contributed by atoms with E-state index in [9.17, 15) is 10.1 Å². The SMILES string of the molecule is O=[N+]([O-])N=C1NCCN1Cc1cccc(Br)n1. The molecule has 0 saturated carbocycles. The Bertz CT molecular complexity index is 464. The van der Waals surface area contributed by atoms with Gasteiger partial charge in [0, 0.05) is 13.1 Å². The van der Waals surface area contributed by atoms with Crippen molar-refractivity contribution in [1.29, 1.82) is 0 Å². The smallest absolute Gasteiger partial charge is 0.271 e. The van der Waals surface area contributed by atoms with E-state index in [4.69, 9.17) is 0 Å². The van der Waals surface area contributed by atoms with Crippen molar-refractivity contribution in [1.82, 2.24) is 15.2 Å². The quantitative estimate of drug-likeness (QED) is 0.507. The molecule has 1 aliphatic rings. The van der Waals surface area contributed by atoms with E-state index >= 15 is 0 Å². The zero-order valence-corrected chi connectivity index (χ0v) is 10.4. The number of nitro groups is 1. The monoisotopic (exact) mass is 299 g/mol. The van der Waals surface area contributed by atoms with Gasteiger partial charge in [-0.25, -0.2) is 15.1 Å². The van der Waals surface area contributed by atoms with E-state index < -0.39 is 5.03 Å². The number of nitrogens with zero attached hydrogens (tertiary/aromatic N) is 4. The molecule has 0 aromatic carbocycles. The van der Waals surface area contributed by atoms with Crippen LogP contribution in [-0.2, 0) is 6.54 Å². The summed E-state index contributed by atoms with van der Waals surface area (Å²) in [6.07, 6.45) is 0. The van der Waals surface area contributed by atoms with Crippen LogP contribution in [0.5, 0.6) is 0 Å². The molecule has 2 rings (SSSR count). The number of pyridine rings is 1. The van der Waals surface area contributed by atoms with Gasteiger partial charge in [-0.15, -0.1) is 0 Å². The minimum Gasteiger partial charge on any atom is -0.349 e. The largest absolute Gasteiger partial charge is 0.349 e. The molecule has 7 nitrogen and oxygen atoms in total. The lowest BCUT2D eigenvalue weighted by atomic mass is 10.3. The summed E-state index contributed by atoms with van der Waals surface area (Å²) in [6, 6.07) is 5.57. The first-order valence-corrected chi connectivity index (χ1v) is 5.78. The Morgan fingerprint density at radius 3 is 3.18 bits per heavy atom. The average molecular weight is 300 g/mol. The third-order valence-electron chi connectivity index (χ3n) is 2.27. The molecule has 0 atom stereocenters. The van der Waals surface area contributed by atoms with E-state index in [1.54, 1.807) is 4.90 Å². The van der Waals surface area contributed by atoms with Gasteiger partial charge in [-0.2, -0.15) is 0 Å². The summed E-state index contributed by atoms with van der Waals surface area (Å²) < 4.78 is 0.745. The Morgan fingerprint density at radius 2 is 2.47 bits per heavy atom. The summed E-state index contributed by atoms with van der Waals surface area (Å²) in [6.45, 7) is 1.83. The summed E-state index contributed by atoms with van der Waals surface area (Å²) >= 11 is 3.28. The maximum atomic E-state index is 10.3. The Labute approximate surface area is 106 Å². The summed E-state index contributed by atoms with van der Waals surface area (Å²) in [5, 5.41) is 15.8. The summed E-state index contributed by atoms with van der Waals surface area (Å²) in [7, 11) is 0. The van der Waals surface area contributed by atoms with E-state index in [2.05, 4.69) is 31.3 Å². The molecule has 1 fully saturated rings. The minimum absolute atomic E-state index is 0.289. The predicted octanol–water partition coefficient (Wildman–Crippen LogP) is 0.797. The Hall–Kier alpha value is -1.70. The van der Waals surface area contributed by atoms with Crippen LogP contribution >= 0.6 is 15.9 Å². The zero-order valence-electron chi connectivity index (χ0n) is 8.84. The van der Waals surface area contributed by atoms with Gasteiger partial charge in [0.15, 0.2) is 5.03 Å². The van der Waals surface area contributed by atoms with Crippen LogP contribution in [0.3, 0.4) is 0 Å². The number of hydrogen-bond donors (Lipinski definition) is 1. The molecule has 1 saturated heterocycles. The minimum atomic E-state index is -0.699. The van der Waals surface area contributed by atoms with E-state index in [-0.39, 0.29) is 5.96 Å². The van der Waals surface area contributed by atoms with Gasteiger partial charge in [0.25, 0.3) is 5.96 Å². The van der Waals surface area contributed by atoms with Gasteiger partial charge in [0.05, 0.1) is 12.2 Å². The topological polar surface area (TPSA) is 83.7 Å². The number of guanidine groups is 1. The highest BCUT2D eigenvalue weighted by Gasteiger charge is 2.21. The Kier molecular flexibility index (Phi) is 3.52. The second kappa shape index (κ2) is 5.09. The van der Waals surface area contributed by atoms with Gasteiger partial charge in [-0.05, 0) is 28.1 Å². The fraction of sp³-hybridized carbons (Fsp3) is 0.333. The average Bonchev–Trinajstić information content (AvgIpc) is 2.65. The number of rotatable bonds is 3. The van der Waals surface area contributed by atoms with Crippen molar-refractivity contribution in [2.45, 2.75) is 6.54 Å². The van der Waals surface area contributed by atoms with Crippen LogP contribution in [0, 0.1) is 10.1 Å². The highest BCUT2D eigenvalue weighted by Crippen LogP contribution is 2.10. The molecule has 0 radical (unpaired) electrons. The molecule has 0 unspecified atom stereocenters. The van der Waals surface area contributed by atoms with Crippen molar-refractivity contribution in [2.24, 2.45) is 5.10 Å². The normalized spacial score (nSPS) is 17.2. The van der Waals surface area contributed by atoms with Gasteiger partial charge in [0.2, 0.25) is 0 Å². The first-order chi connectivity index (χ1) is 8.15. The fourth-order valence-corrected chi connectivity index (χ4v) is 1.96. The lowest BCUT2D eigenvalue weighted by Crippen LogP contribution is -2.30. The lowest BCUT2D eigenvalue weighted by Gasteiger charge is -2.14. The molecule has 2 heterocycles. The van der Waals surface area contributed by atoms with Gasteiger partial charge in [-0.3, -0.25) is 0 Å². The first kappa shape index (κ1) is 11.8. The third kappa shape index (κ3) is 3.13. The standard InChI is InChI=1S/C9H10BrN5O2/c10-8-3-1-2-7(12-8)6-14-5-4-11-9(14)13-15(16)17/h1-3H,4-6H2,(H,11,13). The summed E-state index contributed by atoms with van der Waals surface area (Å²) in [5.41, 5.74) is 0.833. The second-order valence-corrected chi connectivity index (χ2v) is 4.27. The molecule has 1 aromatic rings. The van der Waals surface area contributed by atoms with Crippen molar-refractivity contribution in [2.75, 3.05) is 13.1 Å². The van der Waals surface area contributed by atoms with Gasteiger partial charge < -0.3 is 10.2 Å². The zero-order chi connectivity index (χ0) is 12.3. The Balaban J connectivity index is 2.10. The van der Waals surface area contributed by atoms with E-state index in [1.807, 2.05) is 18.2 Å². The van der Waals surface area contributed by atoms with Crippen molar-refractivity contribution >= 4 is 21.9 Å². The van der Waals surface area contributed by atoms with Crippen molar-refractivity contribution in [3.63, 3.8) is 0 Å². The molecule has 8 heteroatoms. The van der Waals surface area contributed by atoms with Crippen molar-refractivity contribution in [3.8, 4) is 0 Å². The highest BCUT2D eigenvalue weighted by molar-refractivity contribution is 9.10. The Morgan fingerprint density at radius 1 is 1.65 bits per heavy atom. The molecule has 90 valence electrons. The van der Waals surface area contributed by atoms with Crippen LogP contribution in [-0.4, -0.2) is 34.0 Å². The van der Waals surface area contributed by atoms with E-state index in [0.29, 0.717) is 19.6 Å². The fourth-order valence-electron chi connectivity index (χ4n) is 1.58. The number of hydrazone groups is 1. The summed E-state index contributed by atoms with van der Waals surface area (Å²) in [5.74, 6) is 0.289. The van der Waals surface area contributed by atoms with Crippen LogP contribution in [0.15, 0.2) is 27.9 Å². The summed E-state index contributed by atoms with van der Waals surface area (Å²) in [4.78, 5) is 16.4. The first-order valence-electron chi connectivity index (χ1n) is 4.98. The molecular formula is C9H10BrN5O2. The number of hydrogen-bond acceptors (Lipinski definition) is 3. The van der Waals surface area contributed by atoms with Crippen LogP contribution in [0.2, 0.25) is 0 Å². The van der Waals surface area contributed by atoms with Gasteiger partial charge >= 0.3 is 0 Å². The third-order valence-corrected chi connectivity index (χ3v) is 2.71. The van der Waals surface area contributed by atoms with E-state index in [1.165, 1.54) is 0 Å². The number of aromatic nitrogens is 1. The molecule has 17 heavy (non-hydrogen) atoms. The van der Waals surface area contributed by atoms with Crippen molar-refractivity contribution in [3.05, 3.63) is 38.6 Å². The van der Waals surface area contributed by atoms with E-state index in [0.717, 1.165) is 10.3 Å². The second-order valence-electron chi connectivity index (χ2n) is 3.46. The number of nitrogens with one attached hydrogen (secondary N) is 1. The molecule has 0 bridgehead atoms. The molecule has 0 spiro atoms. The van der Waals surface area contributed by atoms with Crippen LogP contribution in [0.4, 0.5) is 0 Å². The highest BCUT2D eigenvalue weighted by atomic mass is 79.9. The van der Waals surface area contributed by atoms with Crippen LogP contribution in [0.25, 0.3) is 0 Å². The number of halogens is 1. The lowest BCUT2D eigenvalue weighted by molar-refractivity contribution is -0.485. The maximum absolute atomic E-state index is 10.3. The van der Waals surface area contributed by atoms with Gasteiger partial charge in [-0.1, -0.05) is 6.07 Å². The van der Waals surface area contributed by atoms with Gasteiger partial charge in [0.1, 0.15) is 9.70 Å². The molecule has 1 N–H and O–H groups in total. The predicted molar refractivity (Wildman–Crippen MR) is 64.8 cm³/mol. The molecule has 1 aliphatic heterocycles. The molecule has 0 aliphatic carbocycles. The molecule has 1 aromatic heterocycles. The van der Waals surface area contributed by atoms with Crippen molar-refractivity contribution < 1.29 is 5.03 Å². The maximum Gasteiger partial charge on any atom is 0.271 e.